The Labute approximate surface area is 78.1 Å². The van der Waals surface area contributed by atoms with Crippen LogP contribution >= 0.6 is 0 Å². The van der Waals surface area contributed by atoms with E-state index in [2.05, 4.69) is 40.7 Å². The van der Waals surface area contributed by atoms with Crippen molar-refractivity contribution in [2.75, 3.05) is 0 Å². The maximum Gasteiger partial charge on any atom is -0.0231 e. The predicted octanol–water partition coefficient (Wildman–Crippen LogP) is 4.04. The lowest BCUT2D eigenvalue weighted by molar-refractivity contribution is 0.290. The van der Waals surface area contributed by atoms with E-state index in [0.717, 1.165) is 6.42 Å². The van der Waals surface area contributed by atoms with E-state index in [9.17, 15) is 0 Å². The molecule has 0 aliphatic rings. The summed E-state index contributed by atoms with van der Waals surface area (Å²) < 4.78 is 0. The summed E-state index contributed by atoms with van der Waals surface area (Å²) in [5.74, 6) is 0.680. The molecule has 0 amide bonds. The van der Waals surface area contributed by atoms with E-state index < -0.39 is 0 Å². The number of allylic oxidation sites excluding steroid dienone is 2. The molecule has 0 spiro atoms. The fourth-order valence-corrected chi connectivity index (χ4v) is 1.35. The van der Waals surface area contributed by atoms with Crippen molar-refractivity contribution in [1.82, 2.24) is 0 Å². The second kappa shape index (κ2) is 5.40. The second-order valence-electron chi connectivity index (χ2n) is 4.21. The molecule has 70 valence electrons. The molecule has 0 aromatic carbocycles. The minimum atomic E-state index is 0.375. The van der Waals surface area contributed by atoms with Gasteiger partial charge >= 0.3 is 0 Å². The second-order valence-corrected chi connectivity index (χ2v) is 4.21. The third-order valence-corrected chi connectivity index (χ3v) is 2.42. The fourth-order valence-electron chi connectivity index (χ4n) is 1.35. The Kier molecular flexibility index (Phi) is 5.28. The van der Waals surface area contributed by atoms with Gasteiger partial charge in [-0.05, 0) is 37.5 Å². The van der Waals surface area contributed by atoms with Crippen LogP contribution < -0.4 is 0 Å². The fraction of sp³-hybridized carbons (Fsp3) is 0.667. The van der Waals surface area contributed by atoms with Gasteiger partial charge in [-0.15, -0.1) is 0 Å². The largest absolute Gasteiger partial charge is 0.0880 e. The smallest absolute Gasteiger partial charge is 0.0231 e. The van der Waals surface area contributed by atoms with Crippen LogP contribution in [0.5, 0.6) is 0 Å². The molecular formula is C12H22. The lowest BCUT2D eigenvalue weighted by Crippen LogP contribution is -2.14. The highest BCUT2D eigenvalue weighted by Crippen LogP contribution is 2.30. The van der Waals surface area contributed by atoms with Gasteiger partial charge in [0.25, 0.3) is 0 Å². The molecule has 0 heterocycles. The van der Waals surface area contributed by atoms with Gasteiger partial charge in [0.05, 0.1) is 0 Å². The average molecular weight is 166 g/mol. The van der Waals surface area contributed by atoms with Crippen molar-refractivity contribution >= 4 is 0 Å². The van der Waals surface area contributed by atoms with Gasteiger partial charge in [0.15, 0.2) is 0 Å². The van der Waals surface area contributed by atoms with Crippen LogP contribution in [0.2, 0.25) is 0 Å². The zero-order valence-corrected chi connectivity index (χ0v) is 8.77. The minimum Gasteiger partial charge on any atom is -0.0880 e. The van der Waals surface area contributed by atoms with Crippen LogP contribution in [-0.2, 0) is 0 Å². The molecular weight excluding hydrogens is 144 g/mol. The first-order chi connectivity index (χ1) is 5.55. The standard InChI is InChI=1S/C12H22/c1-6-9-11(7-2)10-12(4,5)8-3/h6,9,11H,1,3,7-8,10H2,2,4-5H3/b9-6+. The maximum absolute atomic E-state index is 3.97. The van der Waals surface area contributed by atoms with Crippen LogP contribution in [0.15, 0.2) is 12.2 Å². The minimum absolute atomic E-state index is 0.375. The van der Waals surface area contributed by atoms with Gasteiger partial charge in [0.2, 0.25) is 0 Å². The molecule has 2 radical (unpaired) electrons. The zero-order chi connectivity index (χ0) is 9.61. The monoisotopic (exact) mass is 166 g/mol. The van der Waals surface area contributed by atoms with E-state index in [1.807, 2.05) is 6.08 Å². The SMILES string of the molecule is [CH2]/C=C/C(CC)CC(C)(C)C[CH2]. The average Bonchev–Trinajstić information content (AvgIpc) is 2.03. The summed E-state index contributed by atoms with van der Waals surface area (Å²) in [5, 5.41) is 0. The molecule has 0 saturated carbocycles. The molecule has 0 aliphatic heterocycles. The summed E-state index contributed by atoms with van der Waals surface area (Å²) in [4.78, 5) is 0. The van der Waals surface area contributed by atoms with Crippen molar-refractivity contribution in [2.45, 2.75) is 40.0 Å². The summed E-state index contributed by atoms with van der Waals surface area (Å²) in [5.41, 5.74) is 0.375. The van der Waals surface area contributed by atoms with Gasteiger partial charge in [-0.25, -0.2) is 0 Å². The molecule has 0 rings (SSSR count). The molecule has 1 unspecified atom stereocenters. The van der Waals surface area contributed by atoms with Crippen molar-refractivity contribution in [3.63, 3.8) is 0 Å². The highest BCUT2D eigenvalue weighted by Gasteiger charge is 2.18. The van der Waals surface area contributed by atoms with Crippen molar-refractivity contribution in [2.24, 2.45) is 11.3 Å². The van der Waals surface area contributed by atoms with E-state index in [-0.39, 0.29) is 0 Å². The summed E-state index contributed by atoms with van der Waals surface area (Å²) in [6.07, 6.45) is 7.55. The quantitative estimate of drug-likeness (QED) is 0.578. The van der Waals surface area contributed by atoms with Gasteiger partial charge < -0.3 is 0 Å². The predicted molar refractivity (Wildman–Crippen MR) is 56.7 cm³/mol. The summed E-state index contributed by atoms with van der Waals surface area (Å²) in [6, 6.07) is 0. The highest BCUT2D eigenvalue weighted by molar-refractivity contribution is 4.91. The molecule has 0 aromatic heterocycles. The molecule has 0 fully saturated rings. The van der Waals surface area contributed by atoms with Gasteiger partial charge in [-0.1, -0.05) is 39.8 Å². The van der Waals surface area contributed by atoms with Gasteiger partial charge in [-0.3, -0.25) is 0 Å². The van der Waals surface area contributed by atoms with Crippen LogP contribution in [0.25, 0.3) is 0 Å². The van der Waals surface area contributed by atoms with Crippen molar-refractivity contribution in [3.05, 3.63) is 26.0 Å². The molecule has 0 nitrogen and oxygen atoms in total. The lowest BCUT2D eigenvalue weighted by Gasteiger charge is -2.26. The number of rotatable bonds is 5. The van der Waals surface area contributed by atoms with Gasteiger partial charge in [0.1, 0.15) is 0 Å². The molecule has 0 heteroatoms. The van der Waals surface area contributed by atoms with Gasteiger partial charge in [-0.2, -0.15) is 0 Å². The third kappa shape index (κ3) is 4.58. The molecule has 0 saturated heterocycles. The van der Waals surface area contributed by atoms with E-state index >= 15 is 0 Å². The van der Waals surface area contributed by atoms with Crippen LogP contribution in [0.4, 0.5) is 0 Å². The summed E-state index contributed by atoms with van der Waals surface area (Å²) >= 11 is 0. The molecule has 0 bridgehead atoms. The van der Waals surface area contributed by atoms with Crippen molar-refractivity contribution in [1.29, 1.82) is 0 Å². The lowest BCUT2D eigenvalue weighted by atomic mass is 9.80. The van der Waals surface area contributed by atoms with E-state index in [1.54, 1.807) is 0 Å². The van der Waals surface area contributed by atoms with Crippen LogP contribution in [0.3, 0.4) is 0 Å². The Bertz CT molecular complexity index is 131. The maximum atomic E-state index is 3.97. The normalized spacial score (nSPS) is 15.4. The van der Waals surface area contributed by atoms with Crippen molar-refractivity contribution < 1.29 is 0 Å². The zero-order valence-electron chi connectivity index (χ0n) is 8.77. The highest BCUT2D eigenvalue weighted by atomic mass is 14.2. The van der Waals surface area contributed by atoms with Crippen molar-refractivity contribution in [3.8, 4) is 0 Å². The molecule has 12 heavy (non-hydrogen) atoms. The Morgan fingerprint density at radius 2 is 2.00 bits per heavy atom. The summed E-state index contributed by atoms with van der Waals surface area (Å²) in [7, 11) is 0. The first-order valence-electron chi connectivity index (χ1n) is 4.81. The molecule has 0 aromatic rings. The first kappa shape index (κ1) is 11.7. The Hall–Kier alpha value is -0.260. The molecule has 1 atom stereocenters. The Morgan fingerprint density at radius 3 is 2.33 bits per heavy atom. The van der Waals surface area contributed by atoms with E-state index in [4.69, 9.17) is 0 Å². The Morgan fingerprint density at radius 1 is 1.42 bits per heavy atom. The van der Waals surface area contributed by atoms with Gasteiger partial charge in [0, 0.05) is 0 Å². The first-order valence-corrected chi connectivity index (χ1v) is 4.81. The van der Waals surface area contributed by atoms with E-state index in [1.165, 1.54) is 12.8 Å². The third-order valence-electron chi connectivity index (χ3n) is 2.42. The van der Waals surface area contributed by atoms with E-state index in [0.29, 0.717) is 11.3 Å². The number of hydrogen-bond donors (Lipinski definition) is 0. The van der Waals surface area contributed by atoms with Crippen LogP contribution in [0, 0.1) is 25.2 Å². The Balaban J connectivity index is 4.01. The summed E-state index contributed by atoms with van der Waals surface area (Å²) in [6.45, 7) is 14.5. The number of hydrogen-bond acceptors (Lipinski definition) is 0. The molecule has 0 N–H and O–H groups in total. The van der Waals surface area contributed by atoms with Crippen LogP contribution in [0.1, 0.15) is 40.0 Å². The topological polar surface area (TPSA) is 0 Å². The van der Waals surface area contributed by atoms with Crippen LogP contribution in [-0.4, -0.2) is 0 Å². The molecule has 0 aliphatic carbocycles.